The number of fused-ring (bicyclic) bond motifs is 5. The second-order valence-corrected chi connectivity index (χ2v) is 33.7. The Hall–Kier alpha value is -15.1. The Morgan fingerprint density at radius 2 is 0.537 bits per heavy atom. The molecule has 0 atom stereocenters. The second kappa shape index (κ2) is 41.6. The quantitative estimate of drug-likeness (QED) is 0.101. The van der Waals surface area contributed by atoms with Crippen molar-refractivity contribution in [1.29, 1.82) is 0 Å². The van der Waals surface area contributed by atoms with Crippen LogP contribution in [0.3, 0.4) is 0 Å². The summed E-state index contributed by atoms with van der Waals surface area (Å²) in [5, 5.41) is 0. The molecule has 0 spiro atoms. The average Bonchev–Trinajstić information content (AvgIpc) is 1.57. The van der Waals surface area contributed by atoms with Crippen molar-refractivity contribution in [3.05, 3.63) is 359 Å². The van der Waals surface area contributed by atoms with Crippen LogP contribution in [0.25, 0.3) is 141 Å². The first-order chi connectivity index (χ1) is 64.8. The lowest BCUT2D eigenvalue weighted by molar-refractivity contribution is -0.634. The van der Waals surface area contributed by atoms with Crippen LogP contribution in [0.1, 0.15) is 176 Å². The van der Waals surface area contributed by atoms with Gasteiger partial charge in [0.15, 0.2) is 55.2 Å². The summed E-state index contributed by atoms with van der Waals surface area (Å²) in [6.07, 6.45) is 10.4. The van der Waals surface area contributed by atoms with Crippen LogP contribution in [-0.2, 0) is 35.2 Å². The number of nitrogens with zero attached hydrogens (tertiary/aromatic N) is 20. The van der Waals surface area contributed by atoms with Gasteiger partial charge in [0.25, 0.3) is 29.1 Å². The van der Waals surface area contributed by atoms with E-state index in [0.29, 0.717) is 45.9 Å². The zero-order valence-corrected chi connectivity index (χ0v) is 78.0. The highest BCUT2D eigenvalue weighted by Crippen LogP contribution is 2.38. The third kappa shape index (κ3) is 18.6. The van der Waals surface area contributed by atoms with Gasteiger partial charge in [-0.2, -0.15) is 22.8 Å². The monoisotopic (exact) mass is 1790 g/mol. The Morgan fingerprint density at radius 3 is 0.881 bits per heavy atom. The molecule has 0 radical (unpaired) electrons. The second-order valence-electron chi connectivity index (χ2n) is 33.7. The summed E-state index contributed by atoms with van der Waals surface area (Å²) in [6, 6.07) is 82.7. The minimum Gasteiger partial charge on any atom is -0.257 e. The van der Waals surface area contributed by atoms with E-state index >= 15 is 0 Å². The molecule has 20 aromatic rings. The van der Waals surface area contributed by atoms with Gasteiger partial charge in [0.05, 0.1) is 104 Å². The maximum atomic E-state index is 8.74. The zero-order chi connectivity index (χ0) is 96.9. The van der Waals surface area contributed by atoms with E-state index in [0.717, 1.165) is 141 Å². The molecule has 0 bridgehead atoms. The molecule has 0 fully saturated rings. The number of aryl methyl sites for hydroxylation is 16. The highest BCUT2D eigenvalue weighted by Gasteiger charge is 2.37. The summed E-state index contributed by atoms with van der Waals surface area (Å²) in [4.78, 5) is 46.3. The van der Waals surface area contributed by atoms with Gasteiger partial charge in [0, 0.05) is 50.7 Å². The molecule has 0 saturated heterocycles. The van der Waals surface area contributed by atoms with Crippen LogP contribution >= 0.6 is 0 Å². The lowest BCUT2D eigenvalue weighted by Crippen LogP contribution is -2.30. The van der Waals surface area contributed by atoms with E-state index in [4.69, 9.17) is 33.1 Å². The number of hydrogen-bond donors (Lipinski definition) is 0. The molecule has 0 aliphatic rings. The SMILES string of the molecule is C.C.C.C.Cc1ccccc1-c1n(-c2cnccn2)c2ccccc2[n+]1C.[2H]C(C)(C)c1nc(C)c(C)nc1-n1c(-c2ccccc2C)[n+](C)c2ccccc21.[2H]C(C)(C)c1nc(C)cnc1-n1c(-c2ccccc2C)[n+](C)c2ccccc21.[2H]C(C)(C)c1nccnc1-n1c(-c2ccccc2C)[n+](C)c2ccccc21.[2H]C([2H])([2H])c1nc(C)c(C)nc1-n1c(-c2ccccc2C)[n+](C)c2ccccc21. The van der Waals surface area contributed by atoms with Crippen LogP contribution in [0.15, 0.2) is 280 Å². The van der Waals surface area contributed by atoms with Crippen molar-refractivity contribution < 1.29 is 31.1 Å². The molecule has 20 nitrogen and oxygen atoms in total. The Labute approximate surface area is 799 Å². The first-order valence-electron chi connectivity index (χ1n) is 46.8. The predicted octanol–water partition coefficient (Wildman–Crippen LogP) is 23.9. The fraction of sp³-hybridized carbons (Fsp3) is 0.254. The normalized spacial score (nSPS) is 12.0. The van der Waals surface area contributed by atoms with Crippen LogP contribution in [0.5, 0.6) is 0 Å². The summed E-state index contributed by atoms with van der Waals surface area (Å²) < 4.78 is 71.6. The van der Waals surface area contributed by atoms with Crippen molar-refractivity contribution in [2.24, 2.45) is 35.2 Å². The number of hydrogen-bond acceptors (Lipinski definition) is 10. The van der Waals surface area contributed by atoms with Crippen molar-refractivity contribution in [2.45, 2.75) is 165 Å². The maximum Gasteiger partial charge on any atom is 0.296 e. The van der Waals surface area contributed by atoms with Gasteiger partial charge in [-0.25, -0.2) is 52.7 Å². The summed E-state index contributed by atoms with van der Waals surface area (Å²) in [5.41, 5.74) is 28.0. The highest BCUT2D eigenvalue weighted by atomic mass is 15.2. The van der Waals surface area contributed by atoms with Gasteiger partial charge in [0.1, 0.15) is 22.8 Å². The van der Waals surface area contributed by atoms with Crippen molar-refractivity contribution >= 4 is 55.2 Å². The molecular weight excluding hydrogens is 1650 g/mol. The van der Waals surface area contributed by atoms with Crippen LogP contribution in [-0.4, -0.2) is 72.7 Å². The molecule has 0 unspecified atom stereocenters. The molecular formula is C114H131N20+5. The maximum absolute atomic E-state index is 8.74. The molecule has 0 aliphatic carbocycles. The van der Waals surface area contributed by atoms with E-state index in [1.807, 2.05) is 173 Å². The Bertz CT molecular complexity index is 7740. The van der Waals surface area contributed by atoms with E-state index in [2.05, 4.69) is 280 Å². The number of benzene rings is 10. The Kier molecular flexibility index (Phi) is 27.8. The summed E-state index contributed by atoms with van der Waals surface area (Å²) in [5.74, 6) is 5.75. The van der Waals surface area contributed by atoms with Crippen molar-refractivity contribution in [2.75, 3.05) is 0 Å². The third-order valence-corrected chi connectivity index (χ3v) is 24.2. The smallest absolute Gasteiger partial charge is 0.257 e. The first kappa shape index (κ1) is 89.5. The lowest BCUT2D eigenvalue weighted by atomic mass is 10.1. The molecule has 10 aromatic carbocycles. The molecule has 0 amide bonds. The Balaban J connectivity index is 0.000000156. The van der Waals surface area contributed by atoms with Gasteiger partial charge in [-0.05, 0) is 195 Å². The van der Waals surface area contributed by atoms with E-state index < -0.39 is 24.5 Å². The zero-order valence-electron chi connectivity index (χ0n) is 84.0. The van der Waals surface area contributed by atoms with Gasteiger partial charge in [-0.15, -0.1) is 0 Å². The van der Waals surface area contributed by atoms with Gasteiger partial charge < -0.3 is 0 Å². The number of para-hydroxylation sites is 10. The average molecular weight is 1790 g/mol. The molecule has 134 heavy (non-hydrogen) atoms. The third-order valence-electron chi connectivity index (χ3n) is 24.2. The fourth-order valence-corrected chi connectivity index (χ4v) is 17.3. The molecule has 682 valence electrons. The lowest BCUT2D eigenvalue weighted by Gasteiger charge is -2.13. The molecule has 0 saturated carbocycles. The van der Waals surface area contributed by atoms with Crippen molar-refractivity contribution in [1.82, 2.24) is 72.7 Å². The number of aromatic nitrogens is 20. The molecule has 10 heterocycles. The molecule has 20 heteroatoms. The van der Waals surface area contributed by atoms with Crippen molar-refractivity contribution in [3.8, 4) is 86.0 Å². The highest BCUT2D eigenvalue weighted by molar-refractivity contribution is 5.84. The summed E-state index contributed by atoms with van der Waals surface area (Å²) >= 11 is 0. The van der Waals surface area contributed by atoms with E-state index in [9.17, 15) is 0 Å². The Morgan fingerprint density at radius 1 is 0.261 bits per heavy atom. The van der Waals surface area contributed by atoms with E-state index in [1.54, 1.807) is 44.1 Å². The largest absolute Gasteiger partial charge is 0.296 e. The van der Waals surface area contributed by atoms with Crippen LogP contribution in [0.2, 0.25) is 0 Å². The van der Waals surface area contributed by atoms with E-state index in [-0.39, 0.29) is 35.4 Å². The van der Waals surface area contributed by atoms with Crippen LogP contribution in [0, 0.1) is 76.1 Å². The van der Waals surface area contributed by atoms with Crippen LogP contribution in [0.4, 0.5) is 0 Å². The molecule has 20 rings (SSSR count). The van der Waals surface area contributed by atoms with Gasteiger partial charge in [-0.1, -0.05) is 223 Å². The first-order valence-corrected chi connectivity index (χ1v) is 43.8. The van der Waals surface area contributed by atoms with Crippen LogP contribution < -0.4 is 22.8 Å². The molecule has 0 aliphatic heterocycles. The molecule has 10 aromatic heterocycles. The van der Waals surface area contributed by atoms with E-state index in [1.165, 1.54) is 27.8 Å². The van der Waals surface area contributed by atoms with Gasteiger partial charge >= 0.3 is 0 Å². The summed E-state index contributed by atoms with van der Waals surface area (Å²) in [7, 11) is 10.3. The standard InChI is InChI=1S/C24H27N4.C23H25N4.2C22H23N4.C19H17N4.4CH4/c1-15(2)22-23(26-18(5)17(4)25-22)28-21-14-10-9-13-20(21)27(6)24(28)19-12-8-7-11-16(19)3;1-15(2)21-22(24-14-17(4)25-21)27-20-13-9-8-12-19(20)26(5)23(27)18-11-7-6-10-16(18)3;1-14-10-6-7-11-18(14)22-25(5)19-12-8-9-13-20(19)26(22)21-17(4)23-15(2)16(3)24-21;1-15(2)20-21(24-14-13-23-20)26-19-12-8-7-11-18(19)25(4)22(26)17-10-6-5-9-16(17)3;1-14-7-3-4-8-15(14)19-22(2)16-9-5-6-10-17(16)23(19)18-13-20-11-12-21-18;;;;/h7-15H,1-6H3;6-15H,1-5H3;6-13H,1-5H3;5-15H,1-4H3;3-13H,1-2H3;4*1H4/q5*+1;;;;/i2*15D;4D3;15D;;;;;. The summed E-state index contributed by atoms with van der Waals surface area (Å²) in [6.45, 7) is 28.8. The fourth-order valence-electron chi connectivity index (χ4n) is 17.3. The number of rotatable bonds is 13. The number of imidazole rings is 5. The topological polar surface area (TPSA) is 173 Å². The van der Waals surface area contributed by atoms with Gasteiger partial charge in [-0.3, -0.25) is 19.9 Å². The molecule has 0 N–H and O–H groups in total. The minimum atomic E-state index is -2.38. The predicted molar refractivity (Wildman–Crippen MR) is 549 cm³/mol. The van der Waals surface area contributed by atoms with Crippen molar-refractivity contribution in [3.63, 3.8) is 0 Å². The minimum absolute atomic E-state index is 0. The van der Waals surface area contributed by atoms with Gasteiger partial charge in [0.2, 0.25) is 29.1 Å².